The van der Waals surface area contributed by atoms with Crippen LogP contribution in [0, 0.1) is 0 Å². The second-order valence-corrected chi connectivity index (χ2v) is 5.71. The predicted octanol–water partition coefficient (Wildman–Crippen LogP) is 3.29. The minimum absolute atomic E-state index is 0.0809. The van der Waals surface area contributed by atoms with Crippen LogP contribution in [0.25, 0.3) is 0 Å². The Bertz CT molecular complexity index is 460. The maximum atomic E-state index is 12.6. The summed E-state index contributed by atoms with van der Waals surface area (Å²) in [4.78, 5) is 18.9. The van der Waals surface area contributed by atoms with Crippen LogP contribution in [0.15, 0.2) is 16.7 Å². The summed E-state index contributed by atoms with van der Waals surface area (Å²) < 4.78 is 0.838. The number of hydrogen-bond acceptors (Lipinski definition) is 3. The molecule has 1 amide bonds. The lowest BCUT2D eigenvalue weighted by molar-refractivity contribution is 0.0753. The van der Waals surface area contributed by atoms with E-state index in [-0.39, 0.29) is 5.91 Å². The number of nitrogens with one attached hydrogen (secondary N) is 1. The number of anilines is 1. The van der Waals surface area contributed by atoms with Gasteiger partial charge >= 0.3 is 0 Å². The lowest BCUT2D eigenvalue weighted by atomic mass is 10.2. The fourth-order valence-corrected chi connectivity index (χ4v) is 2.43. The van der Waals surface area contributed by atoms with Gasteiger partial charge in [-0.15, -0.1) is 0 Å². The van der Waals surface area contributed by atoms with E-state index in [1.165, 1.54) is 0 Å². The molecule has 2 rings (SSSR count). The van der Waals surface area contributed by atoms with Crippen LogP contribution in [-0.4, -0.2) is 34.9 Å². The Kier molecular flexibility index (Phi) is 4.80. The van der Waals surface area contributed by atoms with E-state index in [9.17, 15) is 4.79 Å². The average Bonchev–Trinajstić information content (AvgIpc) is 3.22. The highest BCUT2D eigenvalue weighted by Gasteiger charge is 2.33. The number of amides is 1. The molecular formula is C14H20BrN3O. The quantitative estimate of drug-likeness (QED) is 0.872. The smallest absolute Gasteiger partial charge is 0.257 e. The Morgan fingerprint density at radius 2 is 2.26 bits per heavy atom. The maximum Gasteiger partial charge on any atom is 0.257 e. The third-order valence-electron chi connectivity index (χ3n) is 3.22. The van der Waals surface area contributed by atoms with Crippen molar-refractivity contribution in [3.05, 3.63) is 22.3 Å². The molecule has 0 spiro atoms. The van der Waals surface area contributed by atoms with E-state index in [1.807, 2.05) is 17.9 Å². The van der Waals surface area contributed by atoms with E-state index in [0.29, 0.717) is 17.4 Å². The first kappa shape index (κ1) is 14.3. The number of rotatable bonds is 6. The summed E-state index contributed by atoms with van der Waals surface area (Å²) in [6, 6.07) is 2.29. The maximum absolute atomic E-state index is 12.6. The minimum atomic E-state index is 0.0809. The summed E-state index contributed by atoms with van der Waals surface area (Å²) in [5.41, 5.74) is 0.663. The normalized spacial score (nSPS) is 14.3. The molecule has 1 saturated carbocycles. The van der Waals surface area contributed by atoms with Crippen molar-refractivity contribution in [3.8, 4) is 0 Å². The van der Waals surface area contributed by atoms with Gasteiger partial charge in [0.05, 0.1) is 5.56 Å². The number of hydrogen-bond donors (Lipinski definition) is 1. The van der Waals surface area contributed by atoms with Crippen molar-refractivity contribution < 1.29 is 4.79 Å². The number of carbonyl (C=O) groups excluding carboxylic acids is 1. The molecule has 1 aliphatic rings. The van der Waals surface area contributed by atoms with Crippen LogP contribution in [0.2, 0.25) is 0 Å². The number of pyridine rings is 1. The molecule has 4 nitrogen and oxygen atoms in total. The molecule has 1 aliphatic carbocycles. The Balaban J connectivity index is 2.24. The van der Waals surface area contributed by atoms with Crippen molar-refractivity contribution >= 4 is 27.7 Å². The van der Waals surface area contributed by atoms with Crippen molar-refractivity contribution in [1.82, 2.24) is 9.88 Å². The molecule has 0 unspecified atom stereocenters. The topological polar surface area (TPSA) is 45.2 Å². The number of carbonyl (C=O) groups is 1. The number of aromatic nitrogens is 1. The Hall–Kier alpha value is -1.10. The molecule has 0 saturated heterocycles. The minimum Gasteiger partial charge on any atom is -0.369 e. The van der Waals surface area contributed by atoms with E-state index in [0.717, 1.165) is 36.8 Å². The standard InChI is InChI=1S/C14H20BrN3O/c1-3-7-16-13-12(8-10(15)9-17-13)14(19)18(4-2)11-5-6-11/h8-9,11H,3-7H2,1-2H3,(H,16,17). The van der Waals surface area contributed by atoms with Crippen molar-refractivity contribution in [2.75, 3.05) is 18.4 Å². The van der Waals surface area contributed by atoms with Gasteiger partial charge in [-0.3, -0.25) is 4.79 Å². The highest BCUT2D eigenvalue weighted by molar-refractivity contribution is 9.10. The van der Waals surface area contributed by atoms with Gasteiger partial charge in [0.25, 0.3) is 5.91 Å². The lowest BCUT2D eigenvalue weighted by Crippen LogP contribution is -2.33. The summed E-state index contributed by atoms with van der Waals surface area (Å²) in [7, 11) is 0. The molecule has 104 valence electrons. The molecule has 1 aromatic rings. The number of nitrogens with zero attached hydrogens (tertiary/aromatic N) is 2. The van der Waals surface area contributed by atoms with E-state index in [4.69, 9.17) is 0 Å². The first-order valence-corrected chi connectivity index (χ1v) is 7.67. The third kappa shape index (κ3) is 3.47. The molecular weight excluding hydrogens is 306 g/mol. The molecule has 19 heavy (non-hydrogen) atoms. The summed E-state index contributed by atoms with van der Waals surface area (Å²) in [5.74, 6) is 0.770. The van der Waals surface area contributed by atoms with E-state index in [2.05, 4.69) is 33.2 Å². The van der Waals surface area contributed by atoms with E-state index >= 15 is 0 Å². The van der Waals surface area contributed by atoms with Crippen LogP contribution >= 0.6 is 15.9 Å². The third-order valence-corrected chi connectivity index (χ3v) is 3.65. The first-order valence-electron chi connectivity index (χ1n) is 6.87. The molecule has 0 aromatic carbocycles. The van der Waals surface area contributed by atoms with Crippen molar-refractivity contribution in [1.29, 1.82) is 0 Å². The van der Waals surface area contributed by atoms with Gasteiger partial charge < -0.3 is 10.2 Å². The molecule has 0 radical (unpaired) electrons. The molecule has 0 bridgehead atoms. The average molecular weight is 326 g/mol. The van der Waals surface area contributed by atoms with Gasteiger partial charge in [0, 0.05) is 29.8 Å². The van der Waals surface area contributed by atoms with Gasteiger partial charge in [-0.2, -0.15) is 0 Å². The van der Waals surface area contributed by atoms with Crippen LogP contribution in [0.3, 0.4) is 0 Å². The first-order chi connectivity index (χ1) is 9.17. The molecule has 0 atom stereocenters. The molecule has 5 heteroatoms. The fourth-order valence-electron chi connectivity index (χ4n) is 2.10. The zero-order chi connectivity index (χ0) is 13.8. The Morgan fingerprint density at radius 3 is 2.84 bits per heavy atom. The van der Waals surface area contributed by atoms with E-state index in [1.54, 1.807) is 6.20 Å². The van der Waals surface area contributed by atoms with Gasteiger partial charge in [0.1, 0.15) is 5.82 Å². The molecule has 1 aromatic heterocycles. The SMILES string of the molecule is CCCNc1ncc(Br)cc1C(=O)N(CC)C1CC1. The second kappa shape index (κ2) is 6.37. The van der Waals surface area contributed by atoms with Gasteiger partial charge in [0.2, 0.25) is 0 Å². The Labute approximate surface area is 122 Å². The summed E-state index contributed by atoms with van der Waals surface area (Å²) in [5, 5.41) is 3.23. The lowest BCUT2D eigenvalue weighted by Gasteiger charge is -2.22. The van der Waals surface area contributed by atoms with Crippen molar-refractivity contribution in [3.63, 3.8) is 0 Å². The number of halogens is 1. The summed E-state index contributed by atoms with van der Waals surface area (Å²) in [6.45, 7) is 5.70. The van der Waals surface area contributed by atoms with Gasteiger partial charge in [0.15, 0.2) is 0 Å². The second-order valence-electron chi connectivity index (χ2n) is 4.80. The van der Waals surface area contributed by atoms with Crippen LogP contribution in [0.4, 0.5) is 5.82 Å². The van der Waals surface area contributed by atoms with Crippen LogP contribution in [0.5, 0.6) is 0 Å². The molecule has 1 fully saturated rings. The highest BCUT2D eigenvalue weighted by atomic mass is 79.9. The fraction of sp³-hybridized carbons (Fsp3) is 0.571. The zero-order valence-corrected chi connectivity index (χ0v) is 13.0. The van der Waals surface area contributed by atoms with Crippen LogP contribution < -0.4 is 5.32 Å². The largest absolute Gasteiger partial charge is 0.369 e. The monoisotopic (exact) mass is 325 g/mol. The molecule has 0 aliphatic heterocycles. The van der Waals surface area contributed by atoms with Crippen LogP contribution in [0.1, 0.15) is 43.5 Å². The summed E-state index contributed by atoms with van der Waals surface area (Å²) >= 11 is 3.40. The van der Waals surface area contributed by atoms with Gasteiger partial charge in [-0.25, -0.2) is 4.98 Å². The van der Waals surface area contributed by atoms with Gasteiger partial charge in [-0.1, -0.05) is 6.92 Å². The molecule has 1 N–H and O–H groups in total. The predicted molar refractivity (Wildman–Crippen MR) is 80.5 cm³/mol. The van der Waals surface area contributed by atoms with Crippen LogP contribution in [-0.2, 0) is 0 Å². The van der Waals surface area contributed by atoms with Gasteiger partial charge in [-0.05, 0) is 48.2 Å². The highest BCUT2D eigenvalue weighted by Crippen LogP contribution is 2.29. The van der Waals surface area contributed by atoms with Crippen molar-refractivity contribution in [2.45, 2.75) is 39.2 Å². The summed E-state index contributed by atoms with van der Waals surface area (Å²) in [6.07, 6.45) is 4.98. The van der Waals surface area contributed by atoms with E-state index < -0.39 is 0 Å². The Morgan fingerprint density at radius 1 is 1.53 bits per heavy atom. The van der Waals surface area contributed by atoms with Crippen molar-refractivity contribution in [2.24, 2.45) is 0 Å². The molecule has 1 heterocycles. The zero-order valence-electron chi connectivity index (χ0n) is 11.4.